The third kappa shape index (κ3) is 1.89. The molecule has 4 heteroatoms. The third-order valence-electron chi connectivity index (χ3n) is 1.85. The Morgan fingerprint density at radius 3 is 2.86 bits per heavy atom. The fourth-order valence-electron chi connectivity index (χ4n) is 1.17. The summed E-state index contributed by atoms with van der Waals surface area (Å²) in [6.07, 6.45) is 0. The fourth-order valence-corrected chi connectivity index (χ4v) is 1.89. The van der Waals surface area contributed by atoms with E-state index in [-0.39, 0.29) is 0 Å². The number of rotatable bonds is 2. The highest BCUT2D eigenvalue weighted by molar-refractivity contribution is 7.10. The van der Waals surface area contributed by atoms with Crippen LogP contribution in [-0.2, 0) is 0 Å². The smallest absolute Gasteiger partial charge is 0.119 e. The number of hydrogen-bond acceptors (Lipinski definition) is 3. The van der Waals surface area contributed by atoms with E-state index in [1.165, 1.54) is 11.5 Å². The maximum absolute atomic E-state index is 5.81. The van der Waals surface area contributed by atoms with Crippen LogP contribution >= 0.6 is 23.1 Å². The number of ether oxygens (including phenoxy) is 1. The normalized spacial score (nSPS) is 10.1. The van der Waals surface area contributed by atoms with Crippen LogP contribution < -0.4 is 4.74 Å². The monoisotopic (exact) mass is 225 g/mol. The summed E-state index contributed by atoms with van der Waals surface area (Å²) in [4.78, 5) is 0. The van der Waals surface area contributed by atoms with Crippen LogP contribution in [0.5, 0.6) is 5.75 Å². The predicted octanol–water partition coefficient (Wildman–Crippen LogP) is 3.47. The lowest BCUT2D eigenvalue weighted by molar-refractivity contribution is 0.415. The van der Waals surface area contributed by atoms with E-state index in [1.807, 2.05) is 30.3 Å². The van der Waals surface area contributed by atoms with Gasteiger partial charge in [-0.2, -0.15) is 4.37 Å². The van der Waals surface area contributed by atoms with E-state index in [0.717, 1.165) is 17.0 Å². The van der Waals surface area contributed by atoms with Gasteiger partial charge < -0.3 is 4.74 Å². The Balaban J connectivity index is 2.41. The largest absolute Gasteiger partial charge is 0.497 e. The van der Waals surface area contributed by atoms with E-state index in [0.29, 0.717) is 4.34 Å². The zero-order valence-electron chi connectivity index (χ0n) is 7.53. The zero-order valence-corrected chi connectivity index (χ0v) is 9.10. The average molecular weight is 226 g/mol. The van der Waals surface area contributed by atoms with Gasteiger partial charge in [0.25, 0.3) is 0 Å². The molecular weight excluding hydrogens is 218 g/mol. The first-order valence-electron chi connectivity index (χ1n) is 4.06. The first-order chi connectivity index (χ1) is 6.79. The van der Waals surface area contributed by atoms with Crippen LogP contribution in [-0.4, -0.2) is 11.5 Å². The third-order valence-corrected chi connectivity index (χ3v) is 2.74. The number of hydrogen-bond donors (Lipinski definition) is 0. The van der Waals surface area contributed by atoms with Gasteiger partial charge in [-0.05, 0) is 29.7 Å². The summed E-state index contributed by atoms with van der Waals surface area (Å²) < 4.78 is 10.0. The van der Waals surface area contributed by atoms with Gasteiger partial charge in [0.1, 0.15) is 10.1 Å². The van der Waals surface area contributed by atoms with Gasteiger partial charge in [-0.3, -0.25) is 0 Å². The Hall–Kier alpha value is -1.06. The SMILES string of the molecule is COc1cccc(-c2cc(Cl)sn2)c1. The number of methoxy groups -OCH3 is 1. The summed E-state index contributed by atoms with van der Waals surface area (Å²) in [5, 5.41) is 0. The van der Waals surface area contributed by atoms with Gasteiger partial charge in [0, 0.05) is 5.56 Å². The highest BCUT2D eigenvalue weighted by Gasteiger charge is 2.03. The van der Waals surface area contributed by atoms with Crippen molar-refractivity contribution in [3.05, 3.63) is 34.7 Å². The molecule has 0 spiro atoms. The Morgan fingerprint density at radius 2 is 2.21 bits per heavy atom. The van der Waals surface area contributed by atoms with Crippen molar-refractivity contribution in [2.24, 2.45) is 0 Å². The lowest BCUT2D eigenvalue weighted by Gasteiger charge is -2.00. The standard InChI is InChI=1S/C10H8ClNOS/c1-13-8-4-2-3-7(5-8)9-6-10(11)14-12-9/h2-6H,1H3. The molecule has 2 nitrogen and oxygen atoms in total. The molecule has 1 heterocycles. The van der Waals surface area contributed by atoms with Gasteiger partial charge in [0.05, 0.1) is 12.8 Å². The van der Waals surface area contributed by atoms with Crippen LogP contribution in [0, 0.1) is 0 Å². The summed E-state index contributed by atoms with van der Waals surface area (Å²) in [7, 11) is 1.65. The van der Waals surface area contributed by atoms with Crippen molar-refractivity contribution in [2.45, 2.75) is 0 Å². The molecular formula is C10H8ClNOS. The lowest BCUT2D eigenvalue weighted by atomic mass is 10.1. The molecule has 0 N–H and O–H groups in total. The highest BCUT2D eigenvalue weighted by Crippen LogP contribution is 2.27. The molecule has 72 valence electrons. The van der Waals surface area contributed by atoms with Crippen molar-refractivity contribution in [1.82, 2.24) is 4.37 Å². The molecule has 0 fully saturated rings. The van der Waals surface area contributed by atoms with E-state index < -0.39 is 0 Å². The van der Waals surface area contributed by atoms with Crippen molar-refractivity contribution in [1.29, 1.82) is 0 Å². The molecule has 0 aliphatic rings. The predicted molar refractivity (Wildman–Crippen MR) is 59.1 cm³/mol. The summed E-state index contributed by atoms with van der Waals surface area (Å²) in [6.45, 7) is 0. The molecule has 0 radical (unpaired) electrons. The molecule has 1 aromatic heterocycles. The Morgan fingerprint density at radius 1 is 1.36 bits per heavy atom. The van der Waals surface area contributed by atoms with Crippen LogP contribution in [0.2, 0.25) is 4.34 Å². The summed E-state index contributed by atoms with van der Waals surface area (Å²) in [5.74, 6) is 0.826. The van der Waals surface area contributed by atoms with Crippen LogP contribution in [0.4, 0.5) is 0 Å². The van der Waals surface area contributed by atoms with Gasteiger partial charge in [0.15, 0.2) is 0 Å². The van der Waals surface area contributed by atoms with Crippen molar-refractivity contribution in [3.63, 3.8) is 0 Å². The molecule has 0 saturated heterocycles. The Kier molecular flexibility index (Phi) is 2.70. The molecule has 0 amide bonds. The van der Waals surface area contributed by atoms with Crippen LogP contribution in [0.1, 0.15) is 0 Å². The second-order valence-corrected chi connectivity index (χ2v) is 4.18. The van der Waals surface area contributed by atoms with Crippen molar-refractivity contribution in [3.8, 4) is 17.0 Å². The second kappa shape index (κ2) is 3.98. The summed E-state index contributed by atoms with van der Waals surface area (Å²) >= 11 is 7.10. The number of halogens is 1. The number of benzene rings is 1. The molecule has 1 aromatic carbocycles. The van der Waals surface area contributed by atoms with Gasteiger partial charge in [-0.1, -0.05) is 23.7 Å². The molecule has 2 aromatic rings. The van der Waals surface area contributed by atoms with Gasteiger partial charge in [0.2, 0.25) is 0 Å². The van der Waals surface area contributed by atoms with E-state index in [1.54, 1.807) is 7.11 Å². The van der Waals surface area contributed by atoms with Gasteiger partial charge in [-0.15, -0.1) is 0 Å². The van der Waals surface area contributed by atoms with Gasteiger partial charge >= 0.3 is 0 Å². The fraction of sp³-hybridized carbons (Fsp3) is 0.100. The molecule has 14 heavy (non-hydrogen) atoms. The Bertz CT molecular complexity index is 441. The molecule has 0 saturated carbocycles. The van der Waals surface area contributed by atoms with Crippen LogP contribution in [0.25, 0.3) is 11.3 Å². The first-order valence-corrected chi connectivity index (χ1v) is 5.21. The van der Waals surface area contributed by atoms with E-state index in [9.17, 15) is 0 Å². The minimum atomic E-state index is 0.697. The molecule has 2 rings (SSSR count). The molecule has 0 atom stereocenters. The molecule has 0 bridgehead atoms. The molecule has 0 aliphatic heterocycles. The lowest BCUT2D eigenvalue weighted by Crippen LogP contribution is -1.83. The van der Waals surface area contributed by atoms with Crippen molar-refractivity contribution >= 4 is 23.1 Å². The van der Waals surface area contributed by atoms with Crippen molar-refractivity contribution < 1.29 is 4.74 Å². The highest BCUT2D eigenvalue weighted by atomic mass is 35.5. The van der Waals surface area contributed by atoms with E-state index in [2.05, 4.69) is 4.37 Å². The Labute approximate surface area is 91.3 Å². The quantitative estimate of drug-likeness (QED) is 0.781. The van der Waals surface area contributed by atoms with Crippen LogP contribution in [0.3, 0.4) is 0 Å². The van der Waals surface area contributed by atoms with Gasteiger partial charge in [-0.25, -0.2) is 0 Å². The van der Waals surface area contributed by atoms with E-state index in [4.69, 9.17) is 16.3 Å². The summed E-state index contributed by atoms with van der Waals surface area (Å²) in [6, 6.07) is 9.60. The maximum Gasteiger partial charge on any atom is 0.119 e. The first kappa shape index (κ1) is 9.49. The average Bonchev–Trinajstić information content (AvgIpc) is 2.65. The molecule has 0 aliphatic carbocycles. The van der Waals surface area contributed by atoms with E-state index >= 15 is 0 Å². The number of aromatic nitrogens is 1. The number of nitrogens with zero attached hydrogens (tertiary/aromatic N) is 1. The summed E-state index contributed by atoms with van der Waals surface area (Å²) in [5.41, 5.74) is 1.91. The topological polar surface area (TPSA) is 22.1 Å². The minimum absolute atomic E-state index is 0.697. The minimum Gasteiger partial charge on any atom is -0.497 e. The maximum atomic E-state index is 5.81. The zero-order chi connectivity index (χ0) is 9.97. The van der Waals surface area contributed by atoms with Crippen LogP contribution in [0.15, 0.2) is 30.3 Å². The second-order valence-electron chi connectivity index (χ2n) is 2.75. The molecule has 0 unspecified atom stereocenters. The van der Waals surface area contributed by atoms with Crippen molar-refractivity contribution in [2.75, 3.05) is 7.11 Å².